The Labute approximate surface area is 136 Å². The monoisotopic (exact) mass is 322 g/mol. The van der Waals surface area contributed by atoms with Crippen LogP contribution in [-0.4, -0.2) is 25.1 Å². The second kappa shape index (κ2) is 5.66. The Kier molecular flexibility index (Phi) is 3.36. The van der Waals surface area contributed by atoms with E-state index in [0.29, 0.717) is 10.8 Å². The number of aromatic amines is 1. The summed E-state index contributed by atoms with van der Waals surface area (Å²) in [5.74, 6) is 0.699. The van der Waals surface area contributed by atoms with Crippen LogP contribution < -0.4 is 5.32 Å². The number of nitrogens with zero attached hydrogens (tertiary/aromatic N) is 4. The molecular formula is C16H11ClN6. The van der Waals surface area contributed by atoms with E-state index in [-0.39, 0.29) is 0 Å². The number of aromatic nitrogens is 5. The molecule has 0 radical (unpaired) electrons. The van der Waals surface area contributed by atoms with E-state index in [0.717, 1.165) is 27.7 Å². The Morgan fingerprint density at radius 2 is 1.96 bits per heavy atom. The molecule has 0 fully saturated rings. The zero-order valence-electron chi connectivity index (χ0n) is 11.9. The van der Waals surface area contributed by atoms with Gasteiger partial charge in [0.05, 0.1) is 28.6 Å². The fourth-order valence-electron chi connectivity index (χ4n) is 2.36. The Morgan fingerprint density at radius 1 is 1.00 bits per heavy atom. The predicted molar refractivity (Wildman–Crippen MR) is 89.6 cm³/mol. The molecule has 23 heavy (non-hydrogen) atoms. The highest BCUT2D eigenvalue weighted by Gasteiger charge is 2.07. The summed E-state index contributed by atoms with van der Waals surface area (Å²) >= 11 is 5.98. The maximum absolute atomic E-state index is 5.98. The average molecular weight is 323 g/mol. The van der Waals surface area contributed by atoms with Gasteiger partial charge in [-0.15, -0.1) is 0 Å². The third-order valence-corrected chi connectivity index (χ3v) is 3.64. The minimum absolute atomic E-state index is 0.562. The summed E-state index contributed by atoms with van der Waals surface area (Å²) < 4.78 is 0. The van der Waals surface area contributed by atoms with Gasteiger partial charge in [0.2, 0.25) is 0 Å². The van der Waals surface area contributed by atoms with Gasteiger partial charge in [-0.05, 0) is 23.8 Å². The van der Waals surface area contributed by atoms with Crippen LogP contribution in [0.3, 0.4) is 0 Å². The highest BCUT2D eigenvalue weighted by molar-refractivity contribution is 6.30. The van der Waals surface area contributed by atoms with Crippen LogP contribution in [0, 0.1) is 0 Å². The molecule has 6 nitrogen and oxygen atoms in total. The van der Waals surface area contributed by atoms with Gasteiger partial charge in [-0.2, -0.15) is 5.10 Å². The molecular weight excluding hydrogens is 312 g/mol. The van der Waals surface area contributed by atoms with Crippen LogP contribution in [0.5, 0.6) is 0 Å². The SMILES string of the molecule is Clc1cncc(Nc2ncnc3ccc(-c4cn[nH]c4)cc23)c1. The Hall–Kier alpha value is -2.99. The highest BCUT2D eigenvalue weighted by Crippen LogP contribution is 2.28. The van der Waals surface area contributed by atoms with E-state index in [1.54, 1.807) is 24.7 Å². The standard InChI is InChI=1S/C16H11ClN6/c17-12-4-13(8-18-7-12)23-16-14-3-10(11-5-21-22-6-11)1-2-15(14)19-9-20-16/h1-9H,(H,21,22)(H,19,20,23). The number of nitrogens with one attached hydrogen (secondary N) is 2. The molecule has 2 N–H and O–H groups in total. The highest BCUT2D eigenvalue weighted by atomic mass is 35.5. The van der Waals surface area contributed by atoms with Gasteiger partial charge >= 0.3 is 0 Å². The third-order valence-electron chi connectivity index (χ3n) is 3.43. The number of H-pyrrole nitrogens is 1. The molecule has 0 saturated heterocycles. The lowest BCUT2D eigenvalue weighted by atomic mass is 10.1. The maximum atomic E-state index is 5.98. The minimum Gasteiger partial charge on any atom is -0.338 e. The van der Waals surface area contributed by atoms with Crippen molar-refractivity contribution in [3.8, 4) is 11.1 Å². The lowest BCUT2D eigenvalue weighted by Gasteiger charge is -2.09. The minimum atomic E-state index is 0.562. The normalized spacial score (nSPS) is 10.8. The molecule has 4 rings (SSSR count). The van der Waals surface area contributed by atoms with Crippen molar-refractivity contribution in [2.24, 2.45) is 0 Å². The second-order valence-electron chi connectivity index (χ2n) is 4.96. The van der Waals surface area contributed by atoms with E-state index < -0.39 is 0 Å². The van der Waals surface area contributed by atoms with E-state index in [1.165, 1.54) is 6.33 Å². The summed E-state index contributed by atoms with van der Waals surface area (Å²) in [6.07, 6.45) is 8.43. The molecule has 7 heteroatoms. The molecule has 0 amide bonds. The fraction of sp³-hybridized carbons (Fsp3) is 0. The van der Waals surface area contributed by atoms with Crippen molar-refractivity contribution < 1.29 is 0 Å². The first kappa shape index (κ1) is 13.7. The summed E-state index contributed by atoms with van der Waals surface area (Å²) in [5.41, 5.74) is 3.66. The van der Waals surface area contributed by atoms with Crippen LogP contribution >= 0.6 is 11.6 Å². The molecule has 0 unspecified atom stereocenters. The number of halogens is 1. The summed E-state index contributed by atoms with van der Waals surface area (Å²) in [6.45, 7) is 0. The largest absolute Gasteiger partial charge is 0.338 e. The predicted octanol–water partition coefficient (Wildman–Crippen LogP) is 3.81. The van der Waals surface area contributed by atoms with E-state index >= 15 is 0 Å². The van der Waals surface area contributed by atoms with Crippen molar-refractivity contribution in [1.29, 1.82) is 0 Å². The third kappa shape index (κ3) is 2.72. The lowest BCUT2D eigenvalue weighted by Crippen LogP contribution is -1.96. The van der Waals surface area contributed by atoms with Gasteiger partial charge in [0, 0.05) is 23.3 Å². The number of pyridine rings is 1. The molecule has 0 atom stereocenters. The topological polar surface area (TPSA) is 79.4 Å². The first-order chi connectivity index (χ1) is 11.3. The Morgan fingerprint density at radius 3 is 2.78 bits per heavy atom. The van der Waals surface area contributed by atoms with Crippen molar-refractivity contribution in [1.82, 2.24) is 25.1 Å². The van der Waals surface area contributed by atoms with Crippen molar-refractivity contribution in [2.45, 2.75) is 0 Å². The number of anilines is 2. The molecule has 1 aromatic carbocycles. The molecule has 3 aromatic heterocycles. The maximum Gasteiger partial charge on any atom is 0.141 e. The van der Waals surface area contributed by atoms with Crippen molar-refractivity contribution >= 4 is 34.0 Å². The summed E-state index contributed by atoms with van der Waals surface area (Å²) in [5, 5.41) is 11.5. The number of hydrogen-bond donors (Lipinski definition) is 2. The van der Waals surface area contributed by atoms with E-state index in [1.807, 2.05) is 24.4 Å². The van der Waals surface area contributed by atoms with E-state index in [9.17, 15) is 0 Å². The van der Waals surface area contributed by atoms with Gasteiger partial charge in [0.15, 0.2) is 0 Å². The molecule has 0 bridgehead atoms. The van der Waals surface area contributed by atoms with E-state index in [2.05, 4.69) is 30.5 Å². The number of benzene rings is 1. The molecule has 0 saturated carbocycles. The molecule has 0 aliphatic rings. The van der Waals surface area contributed by atoms with Crippen LogP contribution in [0.15, 0.2) is 55.4 Å². The molecule has 0 spiro atoms. The first-order valence-electron chi connectivity index (χ1n) is 6.91. The smallest absolute Gasteiger partial charge is 0.141 e. The fourth-order valence-corrected chi connectivity index (χ4v) is 2.54. The van der Waals surface area contributed by atoms with Crippen molar-refractivity contribution in [2.75, 3.05) is 5.32 Å². The average Bonchev–Trinajstić information content (AvgIpc) is 3.09. The molecule has 3 heterocycles. The van der Waals surface area contributed by atoms with Crippen LogP contribution in [-0.2, 0) is 0 Å². The lowest BCUT2D eigenvalue weighted by molar-refractivity contribution is 1.09. The zero-order valence-corrected chi connectivity index (χ0v) is 12.6. The van der Waals surface area contributed by atoms with Crippen LogP contribution in [0.25, 0.3) is 22.0 Å². The van der Waals surface area contributed by atoms with E-state index in [4.69, 9.17) is 11.6 Å². The number of rotatable bonds is 3. The zero-order chi connectivity index (χ0) is 15.6. The Bertz CT molecular complexity index is 967. The van der Waals surface area contributed by atoms with Crippen LogP contribution in [0.4, 0.5) is 11.5 Å². The van der Waals surface area contributed by atoms with Gasteiger partial charge in [0.1, 0.15) is 12.1 Å². The summed E-state index contributed by atoms with van der Waals surface area (Å²) in [4.78, 5) is 12.7. The van der Waals surface area contributed by atoms with Gasteiger partial charge in [-0.1, -0.05) is 17.7 Å². The van der Waals surface area contributed by atoms with Gasteiger partial charge in [-0.3, -0.25) is 10.1 Å². The van der Waals surface area contributed by atoms with Gasteiger partial charge < -0.3 is 5.32 Å². The summed E-state index contributed by atoms with van der Waals surface area (Å²) in [7, 11) is 0. The Balaban J connectivity index is 1.81. The molecule has 112 valence electrons. The van der Waals surface area contributed by atoms with Crippen molar-refractivity contribution in [3.63, 3.8) is 0 Å². The quantitative estimate of drug-likeness (QED) is 0.599. The van der Waals surface area contributed by atoms with Crippen LogP contribution in [0.1, 0.15) is 0 Å². The number of hydrogen-bond acceptors (Lipinski definition) is 5. The van der Waals surface area contributed by atoms with Crippen molar-refractivity contribution in [3.05, 3.63) is 60.4 Å². The summed E-state index contributed by atoms with van der Waals surface area (Å²) in [6, 6.07) is 7.79. The first-order valence-corrected chi connectivity index (χ1v) is 7.29. The molecule has 4 aromatic rings. The van der Waals surface area contributed by atoms with Gasteiger partial charge in [0.25, 0.3) is 0 Å². The molecule has 0 aliphatic heterocycles. The number of fused-ring (bicyclic) bond motifs is 1. The van der Waals surface area contributed by atoms with Gasteiger partial charge in [-0.25, -0.2) is 9.97 Å². The molecule has 0 aliphatic carbocycles. The van der Waals surface area contributed by atoms with Crippen LogP contribution in [0.2, 0.25) is 5.02 Å². The second-order valence-corrected chi connectivity index (χ2v) is 5.39.